The van der Waals surface area contributed by atoms with E-state index in [9.17, 15) is 0 Å². The van der Waals surface area contributed by atoms with E-state index in [1.807, 2.05) is 35.9 Å². The highest BCUT2D eigenvalue weighted by atomic mass is 16.5. The van der Waals surface area contributed by atoms with Crippen LogP contribution >= 0.6 is 0 Å². The highest BCUT2D eigenvalue weighted by Gasteiger charge is 2.09. The van der Waals surface area contributed by atoms with E-state index in [-0.39, 0.29) is 0 Å². The summed E-state index contributed by atoms with van der Waals surface area (Å²) in [5.41, 5.74) is 2.93. The molecule has 4 aromatic rings. The fourth-order valence-corrected chi connectivity index (χ4v) is 2.74. The average Bonchev–Trinajstić information content (AvgIpc) is 3.00. The maximum absolute atomic E-state index is 5.66. The van der Waals surface area contributed by atoms with Gasteiger partial charge in [-0.1, -0.05) is 36.4 Å². The van der Waals surface area contributed by atoms with Crippen LogP contribution in [-0.2, 0) is 0 Å². The third kappa shape index (κ3) is 2.11. The lowest BCUT2D eigenvalue weighted by Gasteiger charge is -2.03. The predicted octanol–water partition coefficient (Wildman–Crippen LogP) is 4.55. The summed E-state index contributed by atoms with van der Waals surface area (Å²) in [5.74, 6) is 0.817. The van der Waals surface area contributed by atoms with Crippen LogP contribution < -0.4 is 4.74 Å². The zero-order valence-electron chi connectivity index (χ0n) is 12.4. The van der Waals surface area contributed by atoms with Gasteiger partial charge >= 0.3 is 0 Å². The minimum absolute atomic E-state index is 0.637. The topological polar surface area (TPSA) is 26.5 Å². The Kier molecular flexibility index (Phi) is 3.04. The van der Waals surface area contributed by atoms with Crippen LogP contribution in [0.2, 0.25) is 0 Å². The summed E-state index contributed by atoms with van der Waals surface area (Å²) in [6.45, 7) is 2.62. The summed E-state index contributed by atoms with van der Waals surface area (Å²) in [5, 5.41) is 2.46. The lowest BCUT2D eigenvalue weighted by atomic mass is 10.1. The van der Waals surface area contributed by atoms with Gasteiger partial charge < -0.3 is 9.14 Å². The van der Waals surface area contributed by atoms with Gasteiger partial charge in [-0.05, 0) is 35.9 Å². The quantitative estimate of drug-likeness (QED) is 0.552. The molecular weight excluding hydrogens is 272 g/mol. The second kappa shape index (κ2) is 5.19. The van der Waals surface area contributed by atoms with E-state index in [1.54, 1.807) is 0 Å². The molecule has 0 N–H and O–H groups in total. The van der Waals surface area contributed by atoms with Gasteiger partial charge in [0.25, 0.3) is 0 Å². The number of aromatic nitrogens is 2. The number of hydrogen-bond acceptors (Lipinski definition) is 2. The molecule has 0 spiro atoms. The van der Waals surface area contributed by atoms with Crippen molar-refractivity contribution in [3.8, 4) is 17.0 Å². The van der Waals surface area contributed by atoms with Crippen LogP contribution in [0.4, 0.5) is 0 Å². The monoisotopic (exact) mass is 288 g/mol. The summed E-state index contributed by atoms with van der Waals surface area (Å²) < 4.78 is 7.66. The van der Waals surface area contributed by atoms with E-state index >= 15 is 0 Å². The second-order valence-corrected chi connectivity index (χ2v) is 5.22. The third-order valence-electron chi connectivity index (χ3n) is 3.79. The Balaban J connectivity index is 1.87. The maximum Gasteiger partial charge on any atom is 0.180 e. The van der Waals surface area contributed by atoms with E-state index in [1.165, 1.54) is 10.8 Å². The summed E-state index contributed by atoms with van der Waals surface area (Å²) in [6, 6.07) is 18.7. The Bertz CT molecular complexity index is 956. The lowest BCUT2D eigenvalue weighted by Crippen LogP contribution is -1.94. The summed E-state index contributed by atoms with van der Waals surface area (Å²) in [6.07, 6.45) is 4.04. The van der Waals surface area contributed by atoms with Gasteiger partial charge in [0.1, 0.15) is 0 Å². The van der Waals surface area contributed by atoms with E-state index in [4.69, 9.17) is 9.72 Å². The van der Waals surface area contributed by atoms with Gasteiger partial charge in [0.05, 0.1) is 12.3 Å². The Labute approximate surface area is 128 Å². The number of rotatable bonds is 3. The first kappa shape index (κ1) is 12.9. The molecule has 0 atom stereocenters. The minimum Gasteiger partial charge on any atom is -0.490 e. The molecule has 0 amide bonds. The van der Waals surface area contributed by atoms with Gasteiger partial charge in [-0.25, -0.2) is 4.98 Å². The fourth-order valence-electron chi connectivity index (χ4n) is 2.74. The van der Waals surface area contributed by atoms with Crippen LogP contribution in [0.3, 0.4) is 0 Å². The first-order valence-corrected chi connectivity index (χ1v) is 7.45. The first-order chi connectivity index (χ1) is 10.8. The molecule has 0 saturated heterocycles. The van der Waals surface area contributed by atoms with E-state index in [0.717, 1.165) is 22.7 Å². The van der Waals surface area contributed by atoms with Crippen LogP contribution in [0.25, 0.3) is 27.7 Å². The Morgan fingerprint density at radius 3 is 2.73 bits per heavy atom. The molecule has 0 unspecified atom stereocenters. The standard InChI is InChI=1S/C19H16N2O/c1-2-22-18-8-5-11-21-13-17(20-19(18)21)16-10-9-14-6-3-4-7-15(14)12-16/h3-13H,2H2,1H3. The van der Waals surface area contributed by atoms with E-state index in [2.05, 4.69) is 42.5 Å². The average molecular weight is 288 g/mol. The number of pyridine rings is 1. The van der Waals surface area contributed by atoms with E-state index < -0.39 is 0 Å². The molecule has 0 bridgehead atoms. The molecule has 2 heterocycles. The third-order valence-corrected chi connectivity index (χ3v) is 3.79. The van der Waals surface area contributed by atoms with Crippen molar-refractivity contribution in [3.63, 3.8) is 0 Å². The zero-order valence-corrected chi connectivity index (χ0v) is 12.4. The Hall–Kier alpha value is -2.81. The normalized spacial score (nSPS) is 11.1. The van der Waals surface area contributed by atoms with Crippen molar-refractivity contribution in [2.24, 2.45) is 0 Å². The van der Waals surface area contributed by atoms with Crippen LogP contribution in [0.5, 0.6) is 5.75 Å². The lowest BCUT2D eigenvalue weighted by molar-refractivity contribution is 0.342. The predicted molar refractivity (Wildman–Crippen MR) is 89.3 cm³/mol. The number of imidazole rings is 1. The molecule has 0 saturated carbocycles. The molecule has 0 fully saturated rings. The first-order valence-electron chi connectivity index (χ1n) is 7.45. The molecule has 0 aliphatic rings. The molecule has 3 nitrogen and oxygen atoms in total. The minimum atomic E-state index is 0.637. The van der Waals surface area contributed by atoms with Crippen LogP contribution in [0.15, 0.2) is 67.0 Å². The number of fused-ring (bicyclic) bond motifs is 2. The highest BCUT2D eigenvalue weighted by molar-refractivity contribution is 5.87. The highest BCUT2D eigenvalue weighted by Crippen LogP contribution is 2.27. The zero-order chi connectivity index (χ0) is 14.9. The van der Waals surface area contributed by atoms with Crippen molar-refractivity contribution in [2.75, 3.05) is 6.61 Å². The van der Waals surface area contributed by atoms with Gasteiger partial charge in [-0.15, -0.1) is 0 Å². The van der Waals surface area contributed by atoms with Crippen molar-refractivity contribution in [1.82, 2.24) is 9.38 Å². The number of benzene rings is 2. The Morgan fingerprint density at radius 2 is 1.86 bits per heavy atom. The van der Waals surface area contributed by atoms with Gasteiger partial charge in [0, 0.05) is 18.0 Å². The maximum atomic E-state index is 5.66. The van der Waals surface area contributed by atoms with Gasteiger partial charge in [-0.2, -0.15) is 0 Å². The molecule has 108 valence electrons. The molecule has 4 rings (SSSR count). The van der Waals surface area contributed by atoms with Crippen LogP contribution in [-0.4, -0.2) is 16.0 Å². The molecule has 0 radical (unpaired) electrons. The van der Waals surface area contributed by atoms with Gasteiger partial charge in [-0.3, -0.25) is 0 Å². The van der Waals surface area contributed by atoms with Crippen LogP contribution in [0.1, 0.15) is 6.92 Å². The van der Waals surface area contributed by atoms with Crippen molar-refractivity contribution >= 4 is 16.4 Å². The van der Waals surface area contributed by atoms with Crippen molar-refractivity contribution in [3.05, 3.63) is 67.0 Å². The largest absolute Gasteiger partial charge is 0.490 e. The molecule has 2 aromatic heterocycles. The molecule has 3 heteroatoms. The summed E-state index contributed by atoms with van der Waals surface area (Å²) in [4.78, 5) is 4.75. The van der Waals surface area contributed by atoms with Crippen LogP contribution in [0, 0.1) is 0 Å². The summed E-state index contributed by atoms with van der Waals surface area (Å²) >= 11 is 0. The smallest absolute Gasteiger partial charge is 0.180 e. The van der Waals surface area contributed by atoms with Crippen molar-refractivity contribution in [2.45, 2.75) is 6.92 Å². The number of nitrogens with zero attached hydrogens (tertiary/aromatic N) is 2. The second-order valence-electron chi connectivity index (χ2n) is 5.22. The summed E-state index contributed by atoms with van der Waals surface area (Å²) in [7, 11) is 0. The molecule has 0 aliphatic heterocycles. The fraction of sp³-hybridized carbons (Fsp3) is 0.105. The van der Waals surface area contributed by atoms with Crippen molar-refractivity contribution < 1.29 is 4.74 Å². The van der Waals surface area contributed by atoms with Gasteiger partial charge in [0.2, 0.25) is 0 Å². The molecular formula is C19H16N2O. The number of ether oxygens (including phenoxy) is 1. The molecule has 2 aromatic carbocycles. The molecule has 22 heavy (non-hydrogen) atoms. The van der Waals surface area contributed by atoms with Crippen molar-refractivity contribution in [1.29, 1.82) is 0 Å². The Morgan fingerprint density at radius 1 is 1.00 bits per heavy atom. The SMILES string of the molecule is CCOc1cccn2cc(-c3ccc4ccccc4c3)nc12. The molecule has 0 aliphatic carbocycles. The van der Waals surface area contributed by atoms with E-state index in [0.29, 0.717) is 6.61 Å². The number of hydrogen-bond donors (Lipinski definition) is 0. The van der Waals surface area contributed by atoms with Gasteiger partial charge in [0.15, 0.2) is 11.4 Å².